The summed E-state index contributed by atoms with van der Waals surface area (Å²) in [6.45, 7) is 2.16. The Kier molecular flexibility index (Phi) is 3.65. The maximum atomic E-state index is 5.73. The molecule has 0 amide bonds. The zero-order chi connectivity index (χ0) is 13.9. The summed E-state index contributed by atoms with van der Waals surface area (Å²) in [7, 11) is 0. The highest BCUT2D eigenvalue weighted by molar-refractivity contribution is 7.98. The van der Waals surface area contributed by atoms with Gasteiger partial charge in [-0.3, -0.25) is 0 Å². The van der Waals surface area contributed by atoms with Crippen LogP contribution in [0.25, 0.3) is 11.1 Å². The summed E-state index contributed by atoms with van der Waals surface area (Å²) in [6, 6.07) is 14.2. The lowest BCUT2D eigenvalue weighted by Gasteiger charge is -2.00. The number of thioether (sulfide) groups is 1. The van der Waals surface area contributed by atoms with Gasteiger partial charge in [-0.15, -0.1) is 0 Å². The van der Waals surface area contributed by atoms with E-state index in [1.807, 2.05) is 18.2 Å². The molecule has 0 bridgehead atoms. The largest absolute Gasteiger partial charge is 0.431 e. The summed E-state index contributed by atoms with van der Waals surface area (Å²) in [5, 5.41) is 0.685. The predicted octanol–water partition coefficient (Wildman–Crippen LogP) is 4.26. The van der Waals surface area contributed by atoms with Crippen LogP contribution in [0, 0.1) is 0 Å². The number of rotatable bonds is 4. The molecule has 3 aromatic rings. The van der Waals surface area contributed by atoms with Crippen LogP contribution in [0.4, 0.5) is 5.69 Å². The minimum Gasteiger partial charge on any atom is -0.431 e. The SMILES string of the molecule is CCc1ccc(CSc2nc3ccc(N)cc3o2)cc1. The highest BCUT2D eigenvalue weighted by Gasteiger charge is 2.06. The molecule has 4 heteroatoms. The van der Waals surface area contributed by atoms with E-state index in [1.54, 1.807) is 11.8 Å². The van der Waals surface area contributed by atoms with E-state index in [2.05, 4.69) is 36.2 Å². The van der Waals surface area contributed by atoms with Crippen molar-refractivity contribution >= 4 is 28.5 Å². The molecule has 0 radical (unpaired) electrons. The van der Waals surface area contributed by atoms with Crippen molar-refractivity contribution in [2.24, 2.45) is 0 Å². The number of hydrogen-bond acceptors (Lipinski definition) is 4. The van der Waals surface area contributed by atoms with Crippen molar-refractivity contribution in [3.05, 3.63) is 53.6 Å². The number of aromatic nitrogens is 1. The van der Waals surface area contributed by atoms with Crippen molar-refractivity contribution < 1.29 is 4.42 Å². The molecule has 0 aliphatic heterocycles. The van der Waals surface area contributed by atoms with Crippen molar-refractivity contribution in [1.82, 2.24) is 4.98 Å². The van der Waals surface area contributed by atoms with Gasteiger partial charge in [-0.2, -0.15) is 0 Å². The number of nitrogens with two attached hydrogens (primary N) is 1. The van der Waals surface area contributed by atoms with Crippen LogP contribution in [0.5, 0.6) is 0 Å². The molecule has 0 unspecified atom stereocenters. The molecule has 0 fully saturated rings. The topological polar surface area (TPSA) is 52.0 Å². The van der Waals surface area contributed by atoms with E-state index < -0.39 is 0 Å². The third-order valence-electron chi connectivity index (χ3n) is 3.19. The fraction of sp³-hybridized carbons (Fsp3) is 0.188. The number of nitrogen functional groups attached to an aromatic ring is 1. The summed E-state index contributed by atoms with van der Waals surface area (Å²) in [5.41, 5.74) is 10.6. The van der Waals surface area contributed by atoms with Gasteiger partial charge in [-0.1, -0.05) is 43.0 Å². The molecule has 0 aliphatic carbocycles. The Morgan fingerprint density at radius 1 is 1.10 bits per heavy atom. The number of anilines is 1. The number of aryl methyl sites for hydroxylation is 1. The summed E-state index contributed by atoms with van der Waals surface area (Å²) in [5.74, 6) is 0.853. The fourth-order valence-electron chi connectivity index (χ4n) is 2.00. The van der Waals surface area contributed by atoms with Crippen molar-refractivity contribution in [3.8, 4) is 0 Å². The van der Waals surface area contributed by atoms with Crippen LogP contribution < -0.4 is 5.73 Å². The molecule has 0 saturated heterocycles. The normalized spacial score (nSPS) is 11.1. The van der Waals surface area contributed by atoms with Crippen molar-refractivity contribution in [3.63, 3.8) is 0 Å². The Bertz CT molecular complexity index is 719. The Labute approximate surface area is 122 Å². The Balaban J connectivity index is 1.72. The summed E-state index contributed by atoms with van der Waals surface area (Å²) < 4.78 is 5.69. The van der Waals surface area contributed by atoms with Gasteiger partial charge >= 0.3 is 0 Å². The number of hydrogen-bond donors (Lipinski definition) is 1. The first-order valence-electron chi connectivity index (χ1n) is 6.61. The lowest BCUT2D eigenvalue weighted by molar-refractivity contribution is 0.489. The fourth-order valence-corrected chi connectivity index (χ4v) is 2.79. The lowest BCUT2D eigenvalue weighted by atomic mass is 10.1. The predicted molar refractivity (Wildman–Crippen MR) is 83.8 cm³/mol. The number of oxazole rings is 1. The van der Waals surface area contributed by atoms with E-state index in [4.69, 9.17) is 10.2 Å². The van der Waals surface area contributed by atoms with Crippen LogP contribution in [0.3, 0.4) is 0 Å². The van der Waals surface area contributed by atoms with Crippen molar-refractivity contribution in [1.29, 1.82) is 0 Å². The van der Waals surface area contributed by atoms with Crippen LogP contribution in [-0.4, -0.2) is 4.98 Å². The summed E-state index contributed by atoms with van der Waals surface area (Å²) in [4.78, 5) is 4.44. The van der Waals surface area contributed by atoms with Crippen LogP contribution in [-0.2, 0) is 12.2 Å². The zero-order valence-corrected chi connectivity index (χ0v) is 12.1. The molecular weight excluding hydrogens is 268 g/mol. The number of benzene rings is 2. The molecule has 2 aromatic carbocycles. The van der Waals surface area contributed by atoms with Crippen LogP contribution in [0.2, 0.25) is 0 Å². The molecule has 0 spiro atoms. The third-order valence-corrected chi connectivity index (χ3v) is 4.09. The number of nitrogens with zero attached hydrogens (tertiary/aromatic N) is 1. The molecule has 0 aliphatic rings. The monoisotopic (exact) mass is 284 g/mol. The van der Waals surface area contributed by atoms with Gasteiger partial charge in [-0.05, 0) is 29.7 Å². The second kappa shape index (κ2) is 5.59. The van der Waals surface area contributed by atoms with Gasteiger partial charge < -0.3 is 10.2 Å². The molecule has 1 aromatic heterocycles. The van der Waals surface area contributed by atoms with E-state index in [0.717, 1.165) is 23.3 Å². The minimum absolute atomic E-state index is 0.685. The average Bonchev–Trinajstić information content (AvgIpc) is 2.87. The molecule has 1 heterocycles. The molecule has 0 saturated carbocycles. The van der Waals surface area contributed by atoms with Gasteiger partial charge in [0.05, 0.1) is 0 Å². The van der Waals surface area contributed by atoms with E-state index in [1.165, 1.54) is 11.1 Å². The van der Waals surface area contributed by atoms with Gasteiger partial charge in [0.25, 0.3) is 5.22 Å². The molecular formula is C16H16N2OS. The molecule has 3 rings (SSSR count). The van der Waals surface area contributed by atoms with Gasteiger partial charge in [0.1, 0.15) is 5.52 Å². The smallest absolute Gasteiger partial charge is 0.257 e. The van der Waals surface area contributed by atoms with Crippen molar-refractivity contribution in [2.45, 2.75) is 24.3 Å². The van der Waals surface area contributed by atoms with Crippen molar-refractivity contribution in [2.75, 3.05) is 5.73 Å². The second-order valence-electron chi connectivity index (χ2n) is 4.67. The van der Waals surface area contributed by atoms with Crippen LogP contribution in [0.15, 0.2) is 52.1 Å². The second-order valence-corrected chi connectivity index (χ2v) is 5.59. The lowest BCUT2D eigenvalue weighted by Crippen LogP contribution is -1.83. The first kappa shape index (κ1) is 13.1. The highest BCUT2D eigenvalue weighted by Crippen LogP contribution is 2.27. The van der Waals surface area contributed by atoms with E-state index in [0.29, 0.717) is 10.9 Å². The summed E-state index contributed by atoms with van der Waals surface area (Å²) >= 11 is 1.60. The van der Waals surface area contributed by atoms with E-state index in [-0.39, 0.29) is 0 Å². The molecule has 102 valence electrons. The van der Waals surface area contributed by atoms with Gasteiger partial charge in [0, 0.05) is 17.5 Å². The van der Waals surface area contributed by atoms with Crippen LogP contribution >= 0.6 is 11.8 Å². The summed E-state index contributed by atoms with van der Waals surface area (Å²) in [6.07, 6.45) is 1.07. The Morgan fingerprint density at radius 2 is 1.85 bits per heavy atom. The van der Waals surface area contributed by atoms with Gasteiger partial charge in [0.2, 0.25) is 0 Å². The quantitative estimate of drug-likeness (QED) is 0.574. The molecule has 20 heavy (non-hydrogen) atoms. The van der Waals surface area contributed by atoms with E-state index >= 15 is 0 Å². The standard InChI is InChI=1S/C16H16N2OS/c1-2-11-3-5-12(6-4-11)10-20-16-18-14-8-7-13(17)9-15(14)19-16/h3-9H,2,10,17H2,1H3. The Morgan fingerprint density at radius 3 is 2.60 bits per heavy atom. The molecule has 3 nitrogen and oxygen atoms in total. The maximum Gasteiger partial charge on any atom is 0.257 e. The average molecular weight is 284 g/mol. The van der Waals surface area contributed by atoms with Crippen LogP contribution in [0.1, 0.15) is 18.1 Å². The van der Waals surface area contributed by atoms with Gasteiger partial charge in [-0.25, -0.2) is 4.98 Å². The first-order valence-corrected chi connectivity index (χ1v) is 7.60. The van der Waals surface area contributed by atoms with Gasteiger partial charge in [0.15, 0.2) is 5.58 Å². The third kappa shape index (κ3) is 2.80. The minimum atomic E-state index is 0.685. The first-order chi connectivity index (χ1) is 9.74. The number of fused-ring (bicyclic) bond motifs is 1. The zero-order valence-electron chi connectivity index (χ0n) is 11.3. The highest BCUT2D eigenvalue weighted by atomic mass is 32.2. The Hall–Kier alpha value is -1.94. The molecule has 2 N–H and O–H groups in total. The maximum absolute atomic E-state index is 5.73. The van der Waals surface area contributed by atoms with E-state index in [9.17, 15) is 0 Å². The molecule has 0 atom stereocenters.